The normalized spacial score (nSPS) is 9.40. The maximum Gasteiger partial charge on any atom is 0.225 e. The first-order valence-corrected chi connectivity index (χ1v) is 4.69. The molecule has 2 nitrogen and oxygen atoms in total. The minimum Gasteiger partial charge on any atom is -0.326 e. The van der Waals surface area contributed by atoms with Crippen LogP contribution in [-0.4, -0.2) is 5.91 Å². The third-order valence-electron chi connectivity index (χ3n) is 1.70. The Labute approximate surface area is 92.4 Å². The highest BCUT2D eigenvalue weighted by Crippen LogP contribution is 2.19. The van der Waals surface area contributed by atoms with Gasteiger partial charge in [0.2, 0.25) is 5.91 Å². The van der Waals surface area contributed by atoms with Crippen LogP contribution >= 0.6 is 11.6 Å². The molecular weight excluding hydrogens is 217 g/mol. The summed E-state index contributed by atoms with van der Waals surface area (Å²) < 4.78 is 12.8. The van der Waals surface area contributed by atoms with Crippen molar-refractivity contribution in [1.29, 1.82) is 0 Å². The van der Waals surface area contributed by atoms with Crippen molar-refractivity contribution in [3.8, 4) is 12.3 Å². The molecule has 78 valence electrons. The van der Waals surface area contributed by atoms with E-state index < -0.39 is 5.82 Å². The molecule has 0 radical (unpaired) electrons. The number of hydrogen-bond donors (Lipinski definition) is 1. The first-order valence-electron chi connectivity index (χ1n) is 4.32. The molecule has 1 N–H and O–H groups in total. The van der Waals surface area contributed by atoms with E-state index in [4.69, 9.17) is 18.0 Å². The SMILES string of the molecule is C#CCCC(=O)Nc1ccc(F)c(Cl)c1. The number of terminal acetylenes is 1. The van der Waals surface area contributed by atoms with E-state index in [2.05, 4.69) is 11.2 Å². The average molecular weight is 226 g/mol. The molecule has 0 aliphatic heterocycles. The van der Waals surface area contributed by atoms with Crippen molar-refractivity contribution >= 4 is 23.2 Å². The molecule has 0 aliphatic carbocycles. The third kappa shape index (κ3) is 3.61. The highest BCUT2D eigenvalue weighted by molar-refractivity contribution is 6.31. The first kappa shape index (κ1) is 11.5. The molecule has 0 heterocycles. The van der Waals surface area contributed by atoms with E-state index in [0.29, 0.717) is 12.1 Å². The van der Waals surface area contributed by atoms with E-state index in [9.17, 15) is 9.18 Å². The largest absolute Gasteiger partial charge is 0.326 e. The summed E-state index contributed by atoms with van der Waals surface area (Å²) in [6, 6.07) is 3.98. The fraction of sp³-hybridized carbons (Fsp3) is 0.182. The monoisotopic (exact) mass is 225 g/mol. The summed E-state index contributed by atoms with van der Waals surface area (Å²) in [6.07, 6.45) is 5.63. The van der Waals surface area contributed by atoms with Gasteiger partial charge in [0.05, 0.1) is 5.02 Å². The number of benzene rings is 1. The van der Waals surface area contributed by atoms with Crippen molar-refractivity contribution in [2.24, 2.45) is 0 Å². The standard InChI is InChI=1S/C11H9ClFNO/c1-2-3-4-11(15)14-8-5-6-10(13)9(12)7-8/h1,5-7H,3-4H2,(H,14,15). The van der Waals surface area contributed by atoms with Gasteiger partial charge in [0, 0.05) is 18.5 Å². The van der Waals surface area contributed by atoms with Gasteiger partial charge >= 0.3 is 0 Å². The smallest absolute Gasteiger partial charge is 0.225 e. The van der Waals surface area contributed by atoms with Crippen molar-refractivity contribution in [2.75, 3.05) is 5.32 Å². The predicted molar refractivity (Wildman–Crippen MR) is 58.1 cm³/mol. The van der Waals surface area contributed by atoms with Gasteiger partial charge in [-0.1, -0.05) is 11.6 Å². The van der Waals surface area contributed by atoms with Crippen LogP contribution in [0.1, 0.15) is 12.8 Å². The van der Waals surface area contributed by atoms with Crippen LogP contribution in [0.15, 0.2) is 18.2 Å². The minimum absolute atomic E-state index is 0.0234. The van der Waals surface area contributed by atoms with E-state index >= 15 is 0 Å². The Morgan fingerprint density at radius 2 is 2.33 bits per heavy atom. The van der Waals surface area contributed by atoms with E-state index in [0.717, 1.165) is 0 Å². The molecule has 0 saturated heterocycles. The van der Waals surface area contributed by atoms with Crippen LogP contribution in [-0.2, 0) is 4.79 Å². The number of hydrogen-bond acceptors (Lipinski definition) is 1. The molecule has 1 aromatic rings. The summed E-state index contributed by atoms with van der Waals surface area (Å²) in [4.78, 5) is 11.2. The van der Waals surface area contributed by atoms with Crippen LogP contribution < -0.4 is 5.32 Å². The summed E-state index contributed by atoms with van der Waals surface area (Å²) in [7, 11) is 0. The highest BCUT2D eigenvalue weighted by atomic mass is 35.5. The van der Waals surface area contributed by atoms with Crippen molar-refractivity contribution in [3.05, 3.63) is 29.0 Å². The van der Waals surface area contributed by atoms with Crippen LogP contribution in [0.25, 0.3) is 0 Å². The number of nitrogens with one attached hydrogen (secondary N) is 1. The summed E-state index contributed by atoms with van der Waals surface area (Å²) in [5.41, 5.74) is 0.462. The lowest BCUT2D eigenvalue weighted by atomic mass is 10.2. The number of halogens is 2. The Bertz CT molecular complexity index is 412. The minimum atomic E-state index is -0.515. The lowest BCUT2D eigenvalue weighted by molar-refractivity contribution is -0.116. The molecule has 15 heavy (non-hydrogen) atoms. The molecule has 0 aliphatic rings. The van der Waals surface area contributed by atoms with Gasteiger partial charge in [0.1, 0.15) is 5.82 Å². The Hall–Kier alpha value is -1.53. The van der Waals surface area contributed by atoms with Crippen molar-refractivity contribution in [3.63, 3.8) is 0 Å². The molecular formula is C11H9ClFNO. The number of anilines is 1. The summed E-state index contributed by atoms with van der Waals surface area (Å²) in [5, 5.41) is 2.54. The van der Waals surface area contributed by atoms with Gasteiger partial charge in [0.25, 0.3) is 0 Å². The molecule has 0 atom stereocenters. The zero-order valence-corrected chi connectivity index (χ0v) is 8.64. The van der Waals surface area contributed by atoms with Crippen LogP contribution in [0.4, 0.5) is 10.1 Å². The molecule has 0 spiro atoms. The molecule has 0 saturated carbocycles. The van der Waals surface area contributed by atoms with Gasteiger partial charge in [-0.15, -0.1) is 12.3 Å². The van der Waals surface area contributed by atoms with Crippen molar-refractivity contribution in [2.45, 2.75) is 12.8 Å². The molecule has 1 rings (SSSR count). The summed E-state index contributed by atoms with van der Waals surface area (Å²) >= 11 is 5.54. The second-order valence-corrected chi connectivity index (χ2v) is 3.29. The maximum absolute atomic E-state index is 12.8. The zero-order valence-electron chi connectivity index (χ0n) is 7.89. The first-order chi connectivity index (χ1) is 7.13. The molecule has 1 amide bonds. The number of carbonyl (C=O) groups is 1. The van der Waals surface area contributed by atoms with E-state index in [1.165, 1.54) is 18.2 Å². The lowest BCUT2D eigenvalue weighted by Gasteiger charge is -2.04. The van der Waals surface area contributed by atoms with Gasteiger partial charge < -0.3 is 5.32 Å². The van der Waals surface area contributed by atoms with E-state index in [1.807, 2.05) is 0 Å². The molecule has 0 aromatic heterocycles. The summed E-state index contributed by atoms with van der Waals surface area (Å²) in [6.45, 7) is 0. The average Bonchev–Trinajstić information content (AvgIpc) is 2.20. The second-order valence-electron chi connectivity index (χ2n) is 2.88. The molecule has 0 unspecified atom stereocenters. The van der Waals surface area contributed by atoms with Crippen molar-refractivity contribution < 1.29 is 9.18 Å². The fourth-order valence-corrected chi connectivity index (χ4v) is 1.16. The second kappa shape index (κ2) is 5.38. The van der Waals surface area contributed by atoms with Crippen LogP contribution in [0.3, 0.4) is 0 Å². The molecule has 0 bridgehead atoms. The van der Waals surface area contributed by atoms with E-state index in [1.54, 1.807) is 0 Å². The Balaban J connectivity index is 2.62. The highest BCUT2D eigenvalue weighted by Gasteiger charge is 2.04. The van der Waals surface area contributed by atoms with E-state index in [-0.39, 0.29) is 17.4 Å². The quantitative estimate of drug-likeness (QED) is 0.788. The third-order valence-corrected chi connectivity index (χ3v) is 1.99. The van der Waals surface area contributed by atoms with Gasteiger partial charge in [-0.3, -0.25) is 4.79 Å². The molecule has 0 fully saturated rings. The number of rotatable bonds is 3. The van der Waals surface area contributed by atoms with Gasteiger partial charge in [-0.05, 0) is 18.2 Å². The Kier molecular flexibility index (Phi) is 4.14. The molecule has 1 aromatic carbocycles. The fourth-order valence-electron chi connectivity index (χ4n) is 0.983. The maximum atomic E-state index is 12.8. The number of carbonyl (C=O) groups excluding carboxylic acids is 1. The van der Waals surface area contributed by atoms with Crippen LogP contribution in [0.5, 0.6) is 0 Å². The van der Waals surface area contributed by atoms with Crippen molar-refractivity contribution in [1.82, 2.24) is 0 Å². The van der Waals surface area contributed by atoms with Gasteiger partial charge in [-0.2, -0.15) is 0 Å². The lowest BCUT2D eigenvalue weighted by Crippen LogP contribution is -2.10. The Morgan fingerprint density at radius 1 is 1.60 bits per heavy atom. The van der Waals surface area contributed by atoms with Crippen LogP contribution in [0.2, 0.25) is 5.02 Å². The van der Waals surface area contributed by atoms with Gasteiger partial charge in [-0.25, -0.2) is 4.39 Å². The molecule has 4 heteroatoms. The van der Waals surface area contributed by atoms with Gasteiger partial charge in [0.15, 0.2) is 0 Å². The predicted octanol–water partition coefficient (Wildman–Crippen LogP) is 2.83. The zero-order chi connectivity index (χ0) is 11.3. The number of amides is 1. The summed E-state index contributed by atoms with van der Waals surface area (Å²) in [5.74, 6) is 1.63. The van der Waals surface area contributed by atoms with Crippen LogP contribution in [0, 0.1) is 18.2 Å². The topological polar surface area (TPSA) is 29.1 Å². The Morgan fingerprint density at radius 3 is 2.93 bits per heavy atom.